The highest BCUT2D eigenvalue weighted by molar-refractivity contribution is 9.10. The summed E-state index contributed by atoms with van der Waals surface area (Å²) in [6.07, 6.45) is 3.17. The van der Waals surface area contributed by atoms with E-state index in [1.807, 2.05) is 38.1 Å². The highest BCUT2D eigenvalue weighted by Crippen LogP contribution is 2.33. The molecular formula is C20H17Br2N3O2S. The van der Waals surface area contributed by atoms with Gasteiger partial charge in [-0.2, -0.15) is 0 Å². The Balaban J connectivity index is 2.11. The highest BCUT2D eigenvalue weighted by atomic mass is 79.9. The van der Waals surface area contributed by atoms with Crippen molar-refractivity contribution in [1.82, 2.24) is 14.8 Å². The number of nitrogens with one attached hydrogen (secondary N) is 1. The first-order valence-corrected chi connectivity index (χ1v) is 10.4. The second-order valence-corrected chi connectivity index (χ2v) is 8.33. The fourth-order valence-electron chi connectivity index (χ4n) is 3.10. The van der Waals surface area contributed by atoms with Crippen LogP contribution in [0.15, 0.2) is 51.4 Å². The Morgan fingerprint density at radius 3 is 2.39 bits per heavy atom. The summed E-state index contributed by atoms with van der Waals surface area (Å²) >= 11 is 12.2. The molecule has 28 heavy (non-hydrogen) atoms. The van der Waals surface area contributed by atoms with Crippen LogP contribution in [-0.2, 0) is 9.59 Å². The van der Waals surface area contributed by atoms with Gasteiger partial charge in [0.15, 0.2) is 5.11 Å². The van der Waals surface area contributed by atoms with Crippen LogP contribution in [0.1, 0.15) is 17.0 Å². The van der Waals surface area contributed by atoms with Crippen LogP contribution >= 0.6 is 44.1 Å². The van der Waals surface area contributed by atoms with Gasteiger partial charge < -0.3 is 4.57 Å². The molecule has 8 heteroatoms. The van der Waals surface area contributed by atoms with Crippen LogP contribution in [0.5, 0.6) is 0 Å². The quantitative estimate of drug-likeness (QED) is 0.279. The second kappa shape index (κ2) is 8.14. The molecule has 1 aromatic heterocycles. The minimum absolute atomic E-state index is 0.0345. The van der Waals surface area contributed by atoms with Gasteiger partial charge in [0.2, 0.25) is 0 Å². The molecule has 0 spiro atoms. The molecular weight excluding hydrogens is 506 g/mol. The van der Waals surface area contributed by atoms with Gasteiger partial charge in [-0.15, -0.1) is 6.58 Å². The van der Waals surface area contributed by atoms with Crippen LogP contribution in [0.25, 0.3) is 11.8 Å². The maximum Gasteiger partial charge on any atom is 0.265 e. The lowest BCUT2D eigenvalue weighted by Crippen LogP contribution is -2.53. The Morgan fingerprint density at radius 1 is 1.14 bits per heavy atom. The van der Waals surface area contributed by atoms with E-state index in [9.17, 15) is 9.59 Å². The molecule has 2 heterocycles. The molecule has 1 fully saturated rings. The largest absolute Gasteiger partial charge is 0.317 e. The van der Waals surface area contributed by atoms with Gasteiger partial charge >= 0.3 is 0 Å². The molecule has 3 rings (SSSR count). The summed E-state index contributed by atoms with van der Waals surface area (Å²) in [7, 11) is 0. The SMILES string of the molecule is C=CCN1C(=O)/C(=C/c2c(Br)c(C)n(-c3ccc(Br)cc3)c2C)C(=O)NC1=S. The van der Waals surface area contributed by atoms with Gasteiger partial charge in [0.05, 0.1) is 0 Å². The minimum atomic E-state index is -0.504. The van der Waals surface area contributed by atoms with Crippen molar-refractivity contribution in [3.05, 3.63) is 68.4 Å². The smallest absolute Gasteiger partial charge is 0.265 e. The van der Waals surface area contributed by atoms with Gasteiger partial charge in [-0.05, 0) is 72.3 Å². The van der Waals surface area contributed by atoms with E-state index in [4.69, 9.17) is 12.2 Å². The third-order valence-electron chi connectivity index (χ3n) is 4.49. The van der Waals surface area contributed by atoms with Gasteiger partial charge in [-0.3, -0.25) is 19.8 Å². The number of halogens is 2. The number of hydrogen-bond acceptors (Lipinski definition) is 3. The zero-order valence-electron chi connectivity index (χ0n) is 15.3. The number of nitrogens with zero attached hydrogens (tertiary/aromatic N) is 2. The molecule has 1 aliphatic heterocycles. The molecule has 2 aromatic rings. The molecule has 1 aliphatic rings. The van der Waals surface area contributed by atoms with Crippen LogP contribution in [-0.4, -0.2) is 32.9 Å². The summed E-state index contributed by atoms with van der Waals surface area (Å²) < 4.78 is 3.88. The first-order chi connectivity index (χ1) is 13.3. The standard InChI is InChI=1S/C20H17Br2N3O2S/c1-4-9-24-19(27)16(18(26)23-20(24)28)10-15-11(2)25(12(3)17(15)22)14-7-5-13(21)6-8-14/h4-8,10H,1,9H2,2-3H3,(H,23,26,28)/b16-10+. The topological polar surface area (TPSA) is 54.3 Å². The predicted molar refractivity (Wildman–Crippen MR) is 121 cm³/mol. The molecule has 0 unspecified atom stereocenters. The molecule has 0 aliphatic carbocycles. The van der Waals surface area contributed by atoms with Crippen molar-refractivity contribution in [1.29, 1.82) is 0 Å². The molecule has 0 radical (unpaired) electrons. The van der Waals surface area contributed by atoms with E-state index in [1.165, 1.54) is 4.90 Å². The van der Waals surface area contributed by atoms with E-state index in [0.717, 1.165) is 31.6 Å². The van der Waals surface area contributed by atoms with E-state index in [1.54, 1.807) is 12.2 Å². The molecule has 5 nitrogen and oxygen atoms in total. The van der Waals surface area contributed by atoms with Crippen LogP contribution in [0.3, 0.4) is 0 Å². The van der Waals surface area contributed by atoms with Crippen molar-refractivity contribution >= 4 is 67.1 Å². The number of aromatic nitrogens is 1. The number of thiocarbonyl (C=S) groups is 1. The summed E-state index contributed by atoms with van der Waals surface area (Å²) in [5.74, 6) is -0.940. The predicted octanol–water partition coefficient (Wildman–Crippen LogP) is 4.43. The Kier molecular flexibility index (Phi) is 6.02. The lowest BCUT2D eigenvalue weighted by molar-refractivity contribution is -0.128. The van der Waals surface area contributed by atoms with Gasteiger partial charge in [0.1, 0.15) is 5.57 Å². The van der Waals surface area contributed by atoms with Crippen LogP contribution in [0.2, 0.25) is 0 Å². The maximum atomic E-state index is 12.8. The zero-order chi connectivity index (χ0) is 20.6. The Morgan fingerprint density at radius 2 is 1.79 bits per heavy atom. The van der Waals surface area contributed by atoms with Crippen molar-refractivity contribution < 1.29 is 9.59 Å². The molecule has 0 atom stereocenters. The van der Waals surface area contributed by atoms with Crippen molar-refractivity contribution in [3.63, 3.8) is 0 Å². The van der Waals surface area contributed by atoms with Gasteiger partial charge in [0, 0.05) is 38.1 Å². The molecule has 0 saturated carbocycles. The number of benzene rings is 1. The number of amides is 2. The van der Waals surface area contributed by atoms with Gasteiger partial charge in [-0.1, -0.05) is 22.0 Å². The molecule has 1 saturated heterocycles. The zero-order valence-corrected chi connectivity index (χ0v) is 19.2. The fraction of sp³-hybridized carbons (Fsp3) is 0.150. The minimum Gasteiger partial charge on any atom is -0.317 e. The van der Waals surface area contributed by atoms with Gasteiger partial charge in [-0.25, -0.2) is 0 Å². The summed E-state index contributed by atoms with van der Waals surface area (Å²) in [5, 5.41) is 2.66. The average molecular weight is 523 g/mol. The molecule has 1 N–H and O–H groups in total. The van der Waals surface area contributed by atoms with Crippen molar-refractivity contribution in [2.24, 2.45) is 0 Å². The molecule has 1 aromatic carbocycles. The van der Waals surface area contributed by atoms with Gasteiger partial charge in [0.25, 0.3) is 11.8 Å². The number of rotatable bonds is 4. The van der Waals surface area contributed by atoms with Crippen LogP contribution in [0, 0.1) is 13.8 Å². The van der Waals surface area contributed by atoms with E-state index >= 15 is 0 Å². The van der Waals surface area contributed by atoms with E-state index in [0.29, 0.717) is 0 Å². The number of hydrogen-bond donors (Lipinski definition) is 1. The van der Waals surface area contributed by atoms with Crippen LogP contribution in [0.4, 0.5) is 0 Å². The lowest BCUT2D eigenvalue weighted by Gasteiger charge is -2.27. The fourth-order valence-corrected chi connectivity index (χ4v) is 4.20. The first kappa shape index (κ1) is 20.7. The Labute approximate surface area is 185 Å². The molecule has 0 bridgehead atoms. The monoisotopic (exact) mass is 521 g/mol. The summed E-state index contributed by atoms with van der Waals surface area (Å²) in [6, 6.07) is 7.92. The number of carbonyl (C=O) groups is 2. The lowest BCUT2D eigenvalue weighted by atomic mass is 10.1. The summed E-state index contributed by atoms with van der Waals surface area (Å²) in [5.41, 5.74) is 3.66. The van der Waals surface area contributed by atoms with E-state index in [2.05, 4.69) is 48.3 Å². The maximum absolute atomic E-state index is 12.8. The number of carbonyl (C=O) groups excluding carboxylic acids is 2. The normalized spacial score (nSPS) is 15.9. The third kappa shape index (κ3) is 3.64. The summed E-state index contributed by atoms with van der Waals surface area (Å²) in [6.45, 7) is 7.79. The van der Waals surface area contributed by atoms with E-state index in [-0.39, 0.29) is 17.2 Å². The summed E-state index contributed by atoms with van der Waals surface area (Å²) in [4.78, 5) is 26.5. The van der Waals surface area contributed by atoms with Crippen molar-refractivity contribution in [3.8, 4) is 5.69 Å². The Bertz CT molecular complexity index is 1040. The van der Waals surface area contributed by atoms with Crippen LogP contribution < -0.4 is 5.32 Å². The van der Waals surface area contributed by atoms with Crippen molar-refractivity contribution in [2.75, 3.05) is 6.54 Å². The third-order valence-corrected chi connectivity index (χ3v) is 6.34. The Hall–Kier alpha value is -2.03. The molecule has 144 valence electrons. The highest BCUT2D eigenvalue weighted by Gasteiger charge is 2.33. The van der Waals surface area contributed by atoms with E-state index < -0.39 is 11.8 Å². The average Bonchev–Trinajstić information content (AvgIpc) is 2.86. The molecule has 2 amide bonds. The van der Waals surface area contributed by atoms with Crippen molar-refractivity contribution in [2.45, 2.75) is 13.8 Å². The first-order valence-electron chi connectivity index (χ1n) is 8.39. The second-order valence-electron chi connectivity index (χ2n) is 6.23.